The molecule has 0 N–H and O–H groups in total. The lowest BCUT2D eigenvalue weighted by Crippen LogP contribution is -2.30. The average Bonchev–Trinajstić information content (AvgIpc) is 2.76. The summed E-state index contributed by atoms with van der Waals surface area (Å²) in [5.41, 5.74) is 3.58. The number of hydrogen-bond donors (Lipinski definition) is 0. The molecule has 0 heterocycles. The third-order valence-corrected chi connectivity index (χ3v) is 7.73. The second-order valence-corrected chi connectivity index (χ2v) is 9.69. The molecule has 29 heavy (non-hydrogen) atoms. The zero-order valence-corrected chi connectivity index (χ0v) is 18.1. The minimum atomic E-state index is -0.161. The normalized spacial score (nSPS) is 26.8. The minimum Gasteiger partial charge on any atom is -0.207 e. The average molecular weight is 393 g/mol. The van der Waals surface area contributed by atoms with Crippen molar-refractivity contribution < 1.29 is 4.39 Å². The van der Waals surface area contributed by atoms with Crippen molar-refractivity contribution in [1.82, 2.24) is 0 Å². The van der Waals surface area contributed by atoms with Crippen molar-refractivity contribution >= 4 is 0 Å². The molecular formula is C28H37F. The number of unbranched alkanes of at least 4 members (excludes halogenated alkanes) is 3. The summed E-state index contributed by atoms with van der Waals surface area (Å²) < 4.78 is 13.5. The molecule has 2 aliphatic rings. The van der Waals surface area contributed by atoms with Crippen LogP contribution in [0.3, 0.4) is 0 Å². The van der Waals surface area contributed by atoms with E-state index in [9.17, 15) is 4.39 Å². The van der Waals surface area contributed by atoms with Gasteiger partial charge in [-0.05, 0) is 84.6 Å². The van der Waals surface area contributed by atoms with E-state index in [1.165, 1.54) is 82.3 Å². The maximum Gasteiger partial charge on any atom is 0.123 e. The van der Waals surface area contributed by atoms with Crippen LogP contribution in [0.5, 0.6) is 0 Å². The fourth-order valence-electron chi connectivity index (χ4n) is 6.03. The van der Waals surface area contributed by atoms with Crippen LogP contribution in [0.4, 0.5) is 4.39 Å². The van der Waals surface area contributed by atoms with Crippen LogP contribution in [0.25, 0.3) is 11.1 Å². The van der Waals surface area contributed by atoms with E-state index in [1.807, 2.05) is 6.07 Å². The summed E-state index contributed by atoms with van der Waals surface area (Å²) >= 11 is 0. The Kier molecular flexibility index (Phi) is 7.06. The molecule has 0 aromatic heterocycles. The first-order valence-electron chi connectivity index (χ1n) is 12.1. The summed E-state index contributed by atoms with van der Waals surface area (Å²) in [4.78, 5) is 0. The lowest BCUT2D eigenvalue weighted by Gasteiger charge is -2.42. The molecule has 2 aromatic carbocycles. The standard InChI is InChI=1S/C28H37F/c1-2-3-4-5-7-21-10-11-27-19-26(17-16-25(27)18-21)23-14-12-22(13-15-23)24-8-6-9-28(29)20-24/h6,8-9,12-15,20-21,25-27H,2-5,7,10-11,16-19H2,1H3. The summed E-state index contributed by atoms with van der Waals surface area (Å²) in [6.45, 7) is 2.30. The number of halogens is 1. The van der Waals surface area contributed by atoms with Gasteiger partial charge >= 0.3 is 0 Å². The molecule has 1 heteroatoms. The van der Waals surface area contributed by atoms with Crippen LogP contribution in [-0.2, 0) is 0 Å². The highest BCUT2D eigenvalue weighted by atomic mass is 19.1. The monoisotopic (exact) mass is 392 g/mol. The SMILES string of the molecule is CCCCCCC1CCC2CC(c3ccc(-c4cccc(F)c4)cc3)CCC2C1. The lowest BCUT2D eigenvalue weighted by molar-refractivity contribution is 0.113. The first-order valence-corrected chi connectivity index (χ1v) is 12.1. The first kappa shape index (κ1) is 20.6. The molecule has 0 radical (unpaired) electrons. The van der Waals surface area contributed by atoms with E-state index in [0.717, 1.165) is 34.8 Å². The van der Waals surface area contributed by atoms with Crippen molar-refractivity contribution in [2.45, 2.75) is 83.5 Å². The van der Waals surface area contributed by atoms with Crippen LogP contribution in [0, 0.1) is 23.6 Å². The summed E-state index contributed by atoms with van der Waals surface area (Å²) in [5, 5.41) is 0. The van der Waals surface area contributed by atoms with Gasteiger partial charge in [0.1, 0.15) is 5.82 Å². The van der Waals surface area contributed by atoms with Gasteiger partial charge in [0.25, 0.3) is 0 Å². The smallest absolute Gasteiger partial charge is 0.123 e. The van der Waals surface area contributed by atoms with Crippen LogP contribution >= 0.6 is 0 Å². The maximum atomic E-state index is 13.5. The van der Waals surface area contributed by atoms with Crippen LogP contribution in [0.2, 0.25) is 0 Å². The Morgan fingerprint density at radius 2 is 1.59 bits per heavy atom. The fraction of sp³-hybridized carbons (Fsp3) is 0.571. The van der Waals surface area contributed by atoms with E-state index >= 15 is 0 Å². The second kappa shape index (κ2) is 9.92. The highest BCUT2D eigenvalue weighted by Gasteiger charge is 2.35. The van der Waals surface area contributed by atoms with Gasteiger partial charge in [-0.1, -0.05) is 81.8 Å². The quantitative estimate of drug-likeness (QED) is 0.413. The topological polar surface area (TPSA) is 0 Å². The molecule has 156 valence electrons. The Morgan fingerprint density at radius 1 is 0.793 bits per heavy atom. The van der Waals surface area contributed by atoms with Crippen molar-refractivity contribution in [2.75, 3.05) is 0 Å². The lowest BCUT2D eigenvalue weighted by atomic mass is 9.63. The Hall–Kier alpha value is -1.63. The first-order chi connectivity index (χ1) is 14.2. The predicted molar refractivity (Wildman–Crippen MR) is 122 cm³/mol. The zero-order chi connectivity index (χ0) is 20.1. The van der Waals surface area contributed by atoms with Gasteiger partial charge in [0.15, 0.2) is 0 Å². The van der Waals surface area contributed by atoms with Gasteiger partial charge in [-0.2, -0.15) is 0 Å². The Bertz CT molecular complexity index is 762. The van der Waals surface area contributed by atoms with Crippen LogP contribution in [0.1, 0.15) is 89.0 Å². The minimum absolute atomic E-state index is 0.161. The molecular weight excluding hydrogens is 355 g/mol. The summed E-state index contributed by atoms with van der Waals surface area (Å²) in [6.07, 6.45) is 15.7. The zero-order valence-electron chi connectivity index (χ0n) is 18.1. The largest absolute Gasteiger partial charge is 0.207 e. The van der Waals surface area contributed by atoms with Gasteiger partial charge in [-0.25, -0.2) is 4.39 Å². The number of benzene rings is 2. The molecule has 0 amide bonds. The second-order valence-electron chi connectivity index (χ2n) is 9.69. The Balaban J connectivity index is 1.31. The van der Waals surface area contributed by atoms with E-state index in [-0.39, 0.29) is 5.82 Å². The summed E-state index contributed by atoms with van der Waals surface area (Å²) in [5.74, 6) is 3.51. The molecule has 0 nitrogen and oxygen atoms in total. The molecule has 0 aliphatic heterocycles. The molecule has 0 spiro atoms. The van der Waals surface area contributed by atoms with Gasteiger partial charge in [0.05, 0.1) is 0 Å². The highest BCUT2D eigenvalue weighted by molar-refractivity contribution is 5.63. The van der Waals surface area contributed by atoms with E-state index < -0.39 is 0 Å². The van der Waals surface area contributed by atoms with E-state index in [0.29, 0.717) is 0 Å². The third-order valence-electron chi connectivity index (χ3n) is 7.73. The highest BCUT2D eigenvalue weighted by Crippen LogP contribution is 2.48. The van der Waals surface area contributed by atoms with Gasteiger partial charge in [0.2, 0.25) is 0 Å². The molecule has 2 aliphatic carbocycles. The molecule has 0 bridgehead atoms. The van der Waals surface area contributed by atoms with Gasteiger partial charge in [-0.3, -0.25) is 0 Å². The predicted octanol–water partition coefficient (Wildman–Crippen LogP) is 8.76. The van der Waals surface area contributed by atoms with E-state index in [2.05, 4.69) is 31.2 Å². The van der Waals surface area contributed by atoms with Crippen molar-refractivity contribution in [3.8, 4) is 11.1 Å². The molecule has 2 fully saturated rings. The van der Waals surface area contributed by atoms with Crippen molar-refractivity contribution in [2.24, 2.45) is 17.8 Å². The van der Waals surface area contributed by atoms with E-state index in [4.69, 9.17) is 0 Å². The molecule has 4 unspecified atom stereocenters. The summed E-state index contributed by atoms with van der Waals surface area (Å²) in [6, 6.07) is 15.9. The fourth-order valence-corrected chi connectivity index (χ4v) is 6.03. The van der Waals surface area contributed by atoms with Gasteiger partial charge in [-0.15, -0.1) is 0 Å². The van der Waals surface area contributed by atoms with Crippen LogP contribution in [-0.4, -0.2) is 0 Å². The van der Waals surface area contributed by atoms with Gasteiger partial charge in [0, 0.05) is 0 Å². The molecule has 4 rings (SSSR count). The van der Waals surface area contributed by atoms with Crippen LogP contribution < -0.4 is 0 Å². The number of fused-ring (bicyclic) bond motifs is 1. The number of rotatable bonds is 7. The Labute approximate surface area is 176 Å². The van der Waals surface area contributed by atoms with Gasteiger partial charge < -0.3 is 0 Å². The third kappa shape index (κ3) is 5.30. The molecule has 0 saturated heterocycles. The Morgan fingerprint density at radius 3 is 2.38 bits per heavy atom. The number of hydrogen-bond acceptors (Lipinski definition) is 0. The maximum absolute atomic E-state index is 13.5. The van der Waals surface area contributed by atoms with Crippen molar-refractivity contribution in [3.05, 3.63) is 59.9 Å². The molecule has 4 atom stereocenters. The molecule has 2 aromatic rings. The van der Waals surface area contributed by atoms with Crippen LogP contribution in [0.15, 0.2) is 48.5 Å². The molecule has 2 saturated carbocycles. The van der Waals surface area contributed by atoms with Crippen molar-refractivity contribution in [1.29, 1.82) is 0 Å². The van der Waals surface area contributed by atoms with E-state index in [1.54, 1.807) is 12.1 Å². The summed E-state index contributed by atoms with van der Waals surface area (Å²) in [7, 11) is 0. The van der Waals surface area contributed by atoms with Crippen molar-refractivity contribution in [3.63, 3.8) is 0 Å².